The lowest BCUT2D eigenvalue weighted by Gasteiger charge is -2.22. The molecule has 0 saturated carbocycles. The predicted octanol–water partition coefficient (Wildman–Crippen LogP) is 1.22. The van der Waals surface area contributed by atoms with Crippen LogP contribution < -0.4 is 15.8 Å². The molecule has 0 bridgehead atoms. The minimum absolute atomic E-state index is 0.0447. The number of carbonyl (C=O) groups is 2. The Bertz CT molecular complexity index is 470. The van der Waals surface area contributed by atoms with Crippen molar-refractivity contribution < 1.29 is 14.3 Å². The molecule has 0 aliphatic heterocycles. The van der Waals surface area contributed by atoms with Gasteiger partial charge in [0.2, 0.25) is 11.8 Å². The van der Waals surface area contributed by atoms with Gasteiger partial charge in [0.05, 0.1) is 13.5 Å². The number of ether oxygens (including phenoxy) is 1. The van der Waals surface area contributed by atoms with Crippen LogP contribution in [0.3, 0.4) is 0 Å². The molecule has 0 aromatic heterocycles. The third kappa shape index (κ3) is 4.98. The molecule has 3 N–H and O–H groups in total. The summed E-state index contributed by atoms with van der Waals surface area (Å²) in [6.45, 7) is 5.03. The number of nitrogens with two attached hydrogens (primary N) is 1. The Balaban J connectivity index is 2.73. The van der Waals surface area contributed by atoms with Crippen molar-refractivity contribution in [2.45, 2.75) is 26.3 Å². The lowest BCUT2D eigenvalue weighted by atomic mass is 10.1. The molecule has 116 valence electrons. The van der Waals surface area contributed by atoms with Crippen LogP contribution in [-0.2, 0) is 9.59 Å². The third-order valence-electron chi connectivity index (χ3n) is 3.27. The van der Waals surface area contributed by atoms with Crippen LogP contribution in [0.1, 0.15) is 20.3 Å². The number of anilines is 1. The summed E-state index contributed by atoms with van der Waals surface area (Å²) in [6, 6.07) is 6.36. The molecule has 1 aromatic rings. The number of rotatable bonds is 8. The predicted molar refractivity (Wildman–Crippen MR) is 82.1 cm³/mol. The lowest BCUT2D eigenvalue weighted by Crippen LogP contribution is -2.41. The summed E-state index contributed by atoms with van der Waals surface area (Å²) in [4.78, 5) is 25.3. The highest BCUT2D eigenvalue weighted by Gasteiger charge is 2.21. The second kappa shape index (κ2) is 8.14. The first kappa shape index (κ1) is 16.8. The van der Waals surface area contributed by atoms with Gasteiger partial charge in [-0.2, -0.15) is 0 Å². The van der Waals surface area contributed by atoms with Crippen molar-refractivity contribution in [1.29, 1.82) is 0 Å². The first-order valence-corrected chi connectivity index (χ1v) is 6.99. The van der Waals surface area contributed by atoms with Crippen molar-refractivity contribution in [3.8, 4) is 5.75 Å². The average molecular weight is 293 g/mol. The number of hydrogen-bond donors (Lipinski definition) is 2. The van der Waals surface area contributed by atoms with E-state index in [0.717, 1.165) is 5.75 Å². The number of hydrogen-bond acceptors (Lipinski definition) is 4. The van der Waals surface area contributed by atoms with E-state index in [9.17, 15) is 9.59 Å². The van der Waals surface area contributed by atoms with Crippen LogP contribution in [0.25, 0.3) is 0 Å². The van der Waals surface area contributed by atoms with E-state index in [1.807, 2.05) is 13.8 Å². The first-order chi connectivity index (χ1) is 10.0. The molecular weight excluding hydrogens is 270 g/mol. The van der Waals surface area contributed by atoms with Crippen molar-refractivity contribution >= 4 is 17.5 Å². The van der Waals surface area contributed by atoms with Gasteiger partial charge in [-0.25, -0.2) is 0 Å². The average Bonchev–Trinajstić information content (AvgIpc) is 2.48. The van der Waals surface area contributed by atoms with Crippen molar-refractivity contribution in [1.82, 2.24) is 4.90 Å². The summed E-state index contributed by atoms with van der Waals surface area (Å²) in [5, 5.41) is 2.99. The van der Waals surface area contributed by atoms with E-state index in [4.69, 9.17) is 10.5 Å². The summed E-state index contributed by atoms with van der Waals surface area (Å²) < 4.78 is 5.07. The van der Waals surface area contributed by atoms with Crippen LogP contribution in [0, 0.1) is 0 Å². The van der Waals surface area contributed by atoms with E-state index < -0.39 is 11.9 Å². The Morgan fingerprint density at radius 3 is 2.24 bits per heavy atom. The van der Waals surface area contributed by atoms with E-state index in [0.29, 0.717) is 18.8 Å². The molecule has 0 aliphatic rings. The molecule has 6 heteroatoms. The summed E-state index contributed by atoms with van der Waals surface area (Å²) in [5.41, 5.74) is 6.09. The standard InChI is InChI=1S/C15H23N3O3/c1-4-18(5-2)14(19)10-13(15(16)20)17-11-6-8-12(21-3)9-7-11/h6-9,13,17H,4-5,10H2,1-3H3,(H2,16,20). The molecule has 0 radical (unpaired) electrons. The maximum Gasteiger partial charge on any atom is 0.240 e. The highest BCUT2D eigenvalue weighted by Crippen LogP contribution is 2.16. The van der Waals surface area contributed by atoms with E-state index in [1.54, 1.807) is 36.3 Å². The number of nitrogens with one attached hydrogen (secondary N) is 1. The molecule has 1 atom stereocenters. The molecule has 1 aromatic carbocycles. The number of amides is 2. The zero-order valence-electron chi connectivity index (χ0n) is 12.8. The SMILES string of the molecule is CCN(CC)C(=O)CC(Nc1ccc(OC)cc1)C(N)=O. The Hall–Kier alpha value is -2.24. The third-order valence-corrected chi connectivity index (χ3v) is 3.27. The molecule has 0 fully saturated rings. The molecule has 1 rings (SSSR count). The Morgan fingerprint density at radius 1 is 1.24 bits per heavy atom. The second-order valence-corrected chi connectivity index (χ2v) is 4.60. The van der Waals surface area contributed by atoms with Crippen LogP contribution in [-0.4, -0.2) is 43.0 Å². The van der Waals surface area contributed by atoms with Crippen molar-refractivity contribution in [3.05, 3.63) is 24.3 Å². The molecular formula is C15H23N3O3. The number of methoxy groups -OCH3 is 1. The maximum absolute atomic E-state index is 12.1. The van der Waals surface area contributed by atoms with Gasteiger partial charge in [-0.15, -0.1) is 0 Å². The van der Waals surface area contributed by atoms with Gasteiger partial charge in [-0.1, -0.05) is 0 Å². The zero-order valence-corrected chi connectivity index (χ0v) is 12.8. The molecule has 1 unspecified atom stereocenters. The number of primary amides is 1. The van der Waals surface area contributed by atoms with Crippen molar-refractivity contribution in [2.75, 3.05) is 25.5 Å². The summed E-state index contributed by atoms with van der Waals surface area (Å²) in [5.74, 6) is 0.0755. The van der Waals surface area contributed by atoms with Crippen LogP contribution in [0.5, 0.6) is 5.75 Å². The summed E-state index contributed by atoms with van der Waals surface area (Å²) >= 11 is 0. The fraction of sp³-hybridized carbons (Fsp3) is 0.467. The van der Waals surface area contributed by atoms with E-state index in [-0.39, 0.29) is 12.3 Å². The topological polar surface area (TPSA) is 84.7 Å². The van der Waals surface area contributed by atoms with Crippen molar-refractivity contribution in [2.24, 2.45) is 5.73 Å². The minimum Gasteiger partial charge on any atom is -0.497 e. The monoisotopic (exact) mass is 293 g/mol. The van der Waals surface area contributed by atoms with Crippen LogP contribution >= 0.6 is 0 Å². The van der Waals surface area contributed by atoms with E-state index in [2.05, 4.69) is 5.32 Å². The van der Waals surface area contributed by atoms with Crippen LogP contribution in [0.4, 0.5) is 5.69 Å². The van der Waals surface area contributed by atoms with Gasteiger partial charge in [0.1, 0.15) is 11.8 Å². The Morgan fingerprint density at radius 2 is 1.81 bits per heavy atom. The molecule has 6 nitrogen and oxygen atoms in total. The molecule has 2 amide bonds. The fourth-order valence-electron chi connectivity index (χ4n) is 1.99. The summed E-state index contributed by atoms with van der Waals surface area (Å²) in [7, 11) is 1.58. The molecule has 0 spiro atoms. The number of nitrogens with zero attached hydrogens (tertiary/aromatic N) is 1. The highest BCUT2D eigenvalue weighted by molar-refractivity contribution is 5.89. The van der Waals surface area contributed by atoms with Gasteiger partial charge in [-0.3, -0.25) is 9.59 Å². The maximum atomic E-state index is 12.1. The lowest BCUT2D eigenvalue weighted by molar-refractivity contribution is -0.133. The Kier molecular flexibility index (Phi) is 6.52. The van der Waals surface area contributed by atoms with Crippen LogP contribution in [0.2, 0.25) is 0 Å². The Labute approximate surface area is 125 Å². The molecule has 21 heavy (non-hydrogen) atoms. The van der Waals surface area contributed by atoms with E-state index in [1.165, 1.54) is 0 Å². The summed E-state index contributed by atoms with van der Waals surface area (Å²) in [6.07, 6.45) is 0.0447. The highest BCUT2D eigenvalue weighted by atomic mass is 16.5. The fourth-order valence-corrected chi connectivity index (χ4v) is 1.99. The van der Waals surface area contributed by atoms with Gasteiger partial charge in [0.15, 0.2) is 0 Å². The quantitative estimate of drug-likeness (QED) is 0.754. The molecule has 0 aliphatic carbocycles. The minimum atomic E-state index is -0.730. The van der Waals surface area contributed by atoms with E-state index >= 15 is 0 Å². The van der Waals surface area contributed by atoms with Gasteiger partial charge < -0.3 is 20.7 Å². The normalized spacial score (nSPS) is 11.6. The van der Waals surface area contributed by atoms with Crippen molar-refractivity contribution in [3.63, 3.8) is 0 Å². The second-order valence-electron chi connectivity index (χ2n) is 4.60. The molecule has 0 saturated heterocycles. The van der Waals surface area contributed by atoms with Gasteiger partial charge in [0, 0.05) is 18.8 Å². The largest absolute Gasteiger partial charge is 0.497 e. The van der Waals surface area contributed by atoms with Crippen LogP contribution in [0.15, 0.2) is 24.3 Å². The number of carbonyl (C=O) groups excluding carboxylic acids is 2. The van der Waals surface area contributed by atoms with Gasteiger partial charge in [0.25, 0.3) is 0 Å². The smallest absolute Gasteiger partial charge is 0.240 e. The molecule has 0 heterocycles. The number of benzene rings is 1. The first-order valence-electron chi connectivity index (χ1n) is 6.99. The van der Waals surface area contributed by atoms with Gasteiger partial charge >= 0.3 is 0 Å². The zero-order chi connectivity index (χ0) is 15.8. The van der Waals surface area contributed by atoms with Gasteiger partial charge in [-0.05, 0) is 38.1 Å².